The van der Waals surface area contributed by atoms with Crippen molar-refractivity contribution in [2.24, 2.45) is 5.92 Å². The zero-order valence-corrected chi connectivity index (χ0v) is 12.4. The summed E-state index contributed by atoms with van der Waals surface area (Å²) in [6, 6.07) is 6.55. The molecule has 1 aromatic carbocycles. The van der Waals surface area contributed by atoms with Crippen LogP contribution in [-0.2, 0) is 10.2 Å². The summed E-state index contributed by atoms with van der Waals surface area (Å²) in [7, 11) is 0. The number of aryl methyl sites for hydroxylation is 1. The van der Waals surface area contributed by atoms with E-state index in [4.69, 9.17) is 5.11 Å². The molecule has 1 N–H and O–H groups in total. The van der Waals surface area contributed by atoms with Crippen molar-refractivity contribution in [2.45, 2.75) is 58.3 Å². The van der Waals surface area contributed by atoms with Crippen LogP contribution in [0.25, 0.3) is 0 Å². The third-order valence-electron chi connectivity index (χ3n) is 4.13. The van der Waals surface area contributed by atoms with Gasteiger partial charge in [-0.05, 0) is 53.7 Å². The Labute approximate surface area is 115 Å². The van der Waals surface area contributed by atoms with Crippen molar-refractivity contribution in [2.75, 3.05) is 0 Å². The molecule has 1 aromatic rings. The Morgan fingerprint density at radius 1 is 1.37 bits per heavy atom. The van der Waals surface area contributed by atoms with E-state index in [0.717, 1.165) is 0 Å². The molecule has 0 amide bonds. The summed E-state index contributed by atoms with van der Waals surface area (Å²) < 4.78 is 0. The third kappa shape index (κ3) is 3.37. The van der Waals surface area contributed by atoms with E-state index in [2.05, 4.69) is 45.9 Å². The van der Waals surface area contributed by atoms with E-state index in [1.54, 1.807) is 0 Å². The predicted molar refractivity (Wildman–Crippen MR) is 77.6 cm³/mol. The summed E-state index contributed by atoms with van der Waals surface area (Å²) >= 11 is 0. The van der Waals surface area contributed by atoms with Gasteiger partial charge in [-0.15, -0.1) is 0 Å². The van der Waals surface area contributed by atoms with Crippen molar-refractivity contribution < 1.29 is 9.90 Å². The second-order valence-electron chi connectivity index (χ2n) is 6.86. The fraction of sp³-hybridized carbons (Fsp3) is 0.588. The van der Waals surface area contributed by atoms with Crippen LogP contribution in [0.4, 0.5) is 0 Å². The van der Waals surface area contributed by atoms with Gasteiger partial charge in [-0.2, -0.15) is 0 Å². The number of hydrogen-bond acceptors (Lipinski definition) is 1. The van der Waals surface area contributed by atoms with Gasteiger partial charge < -0.3 is 5.11 Å². The van der Waals surface area contributed by atoms with E-state index in [-0.39, 0.29) is 17.8 Å². The fourth-order valence-electron chi connectivity index (χ4n) is 2.72. The second-order valence-corrected chi connectivity index (χ2v) is 6.86. The molecule has 1 aliphatic carbocycles. The Hall–Kier alpha value is -1.31. The van der Waals surface area contributed by atoms with Gasteiger partial charge in [0.25, 0.3) is 0 Å². The van der Waals surface area contributed by atoms with Crippen LogP contribution < -0.4 is 0 Å². The number of hydrogen-bond donors (Lipinski definition) is 1. The Balaban J connectivity index is 2.38. The van der Waals surface area contributed by atoms with Crippen LogP contribution >= 0.6 is 0 Å². The summed E-state index contributed by atoms with van der Waals surface area (Å²) in [6.07, 6.45) is 2.62. The summed E-state index contributed by atoms with van der Waals surface area (Å²) in [6.45, 7) is 8.69. The van der Waals surface area contributed by atoms with Crippen LogP contribution in [0.5, 0.6) is 0 Å². The van der Waals surface area contributed by atoms with Crippen molar-refractivity contribution >= 4 is 5.97 Å². The molecular formula is C17H24O2. The number of benzene rings is 1. The van der Waals surface area contributed by atoms with Gasteiger partial charge in [0.05, 0.1) is 6.42 Å². The van der Waals surface area contributed by atoms with Gasteiger partial charge in [-0.3, -0.25) is 4.79 Å². The van der Waals surface area contributed by atoms with E-state index >= 15 is 0 Å². The van der Waals surface area contributed by atoms with Gasteiger partial charge >= 0.3 is 5.97 Å². The number of rotatable bonds is 4. The van der Waals surface area contributed by atoms with Crippen molar-refractivity contribution in [1.29, 1.82) is 0 Å². The molecule has 1 unspecified atom stereocenters. The number of carbonyl (C=O) groups is 1. The first-order valence-corrected chi connectivity index (χ1v) is 7.12. The van der Waals surface area contributed by atoms with E-state index in [1.807, 2.05) is 0 Å². The first-order valence-electron chi connectivity index (χ1n) is 7.12. The smallest absolute Gasteiger partial charge is 0.303 e. The van der Waals surface area contributed by atoms with E-state index in [1.165, 1.54) is 29.5 Å². The molecule has 104 valence electrons. The lowest BCUT2D eigenvalue weighted by atomic mass is 9.81. The highest BCUT2D eigenvalue weighted by atomic mass is 16.4. The highest BCUT2D eigenvalue weighted by Gasteiger charge is 2.34. The number of carboxylic acids is 1. The molecule has 19 heavy (non-hydrogen) atoms. The van der Waals surface area contributed by atoms with Gasteiger partial charge in [0.15, 0.2) is 0 Å². The summed E-state index contributed by atoms with van der Waals surface area (Å²) in [5.41, 5.74) is 3.88. The van der Waals surface area contributed by atoms with Crippen molar-refractivity contribution in [3.05, 3.63) is 34.9 Å². The van der Waals surface area contributed by atoms with Gasteiger partial charge in [-0.1, -0.05) is 39.0 Å². The first kappa shape index (κ1) is 14.1. The minimum Gasteiger partial charge on any atom is -0.481 e. The molecule has 0 spiro atoms. The van der Waals surface area contributed by atoms with Crippen LogP contribution in [-0.4, -0.2) is 11.1 Å². The normalized spacial score (nSPS) is 17.3. The molecule has 1 saturated carbocycles. The molecule has 1 fully saturated rings. The Morgan fingerprint density at radius 2 is 2.00 bits per heavy atom. The molecule has 0 radical (unpaired) electrons. The molecule has 0 saturated heterocycles. The number of carboxylic acid groups (broad SMARTS) is 1. The van der Waals surface area contributed by atoms with E-state index in [9.17, 15) is 4.79 Å². The molecule has 0 aromatic heterocycles. The molecule has 2 nitrogen and oxygen atoms in total. The highest BCUT2D eigenvalue weighted by molar-refractivity contribution is 5.68. The highest BCUT2D eigenvalue weighted by Crippen LogP contribution is 2.46. The molecule has 1 aliphatic rings. The molecule has 0 heterocycles. The average molecular weight is 260 g/mol. The lowest BCUT2D eigenvalue weighted by Gasteiger charge is -2.24. The first-order chi connectivity index (χ1) is 8.79. The fourth-order valence-corrected chi connectivity index (χ4v) is 2.72. The molecule has 1 atom stereocenters. The average Bonchev–Trinajstić information content (AvgIpc) is 3.08. The van der Waals surface area contributed by atoms with Crippen molar-refractivity contribution in [3.63, 3.8) is 0 Å². The van der Waals surface area contributed by atoms with Crippen LogP contribution in [0.3, 0.4) is 0 Å². The zero-order valence-electron chi connectivity index (χ0n) is 12.4. The maximum Gasteiger partial charge on any atom is 0.303 e. The third-order valence-corrected chi connectivity index (χ3v) is 4.13. The van der Waals surface area contributed by atoms with E-state index < -0.39 is 5.97 Å². The molecule has 2 rings (SSSR count). The van der Waals surface area contributed by atoms with Gasteiger partial charge in [0, 0.05) is 0 Å². The maximum atomic E-state index is 11.1. The van der Waals surface area contributed by atoms with Crippen molar-refractivity contribution in [3.8, 4) is 0 Å². The van der Waals surface area contributed by atoms with Crippen molar-refractivity contribution in [1.82, 2.24) is 0 Å². The minimum atomic E-state index is -0.683. The lowest BCUT2D eigenvalue weighted by Crippen LogP contribution is -2.14. The van der Waals surface area contributed by atoms with Gasteiger partial charge in [-0.25, -0.2) is 0 Å². The SMILES string of the molecule is Cc1ccc(C(C)(C)C)cc1C(CC(=O)O)C1CC1. The topological polar surface area (TPSA) is 37.3 Å². The second kappa shape index (κ2) is 4.99. The Kier molecular flexibility index (Phi) is 3.71. The lowest BCUT2D eigenvalue weighted by molar-refractivity contribution is -0.137. The van der Waals surface area contributed by atoms with Crippen LogP contribution in [0.15, 0.2) is 18.2 Å². The Morgan fingerprint density at radius 3 is 2.47 bits per heavy atom. The zero-order chi connectivity index (χ0) is 14.2. The predicted octanol–water partition coefficient (Wildman–Crippen LogP) is 4.26. The summed E-state index contributed by atoms with van der Waals surface area (Å²) in [5, 5.41) is 9.14. The molecule has 2 heteroatoms. The monoisotopic (exact) mass is 260 g/mol. The minimum absolute atomic E-state index is 0.111. The Bertz CT molecular complexity index is 479. The number of aliphatic carboxylic acids is 1. The van der Waals surface area contributed by atoms with Gasteiger partial charge in [0.1, 0.15) is 0 Å². The van der Waals surface area contributed by atoms with Crippen LogP contribution in [0.1, 0.15) is 62.6 Å². The molecule has 0 bridgehead atoms. The molecular weight excluding hydrogens is 236 g/mol. The standard InChI is InChI=1S/C17H24O2/c1-11-5-8-13(17(2,3)4)9-14(11)15(10-16(18)19)12-6-7-12/h5,8-9,12,15H,6-7,10H2,1-4H3,(H,18,19). The van der Waals surface area contributed by atoms with Gasteiger partial charge in [0.2, 0.25) is 0 Å². The quantitative estimate of drug-likeness (QED) is 0.878. The summed E-state index contributed by atoms with van der Waals surface area (Å²) in [5.74, 6) is 0.0854. The summed E-state index contributed by atoms with van der Waals surface area (Å²) in [4.78, 5) is 11.1. The van der Waals surface area contributed by atoms with Crippen LogP contribution in [0.2, 0.25) is 0 Å². The molecule has 0 aliphatic heterocycles. The van der Waals surface area contributed by atoms with Crippen LogP contribution in [0, 0.1) is 12.8 Å². The van der Waals surface area contributed by atoms with E-state index in [0.29, 0.717) is 5.92 Å². The maximum absolute atomic E-state index is 11.1. The largest absolute Gasteiger partial charge is 0.481 e.